The first-order valence-corrected chi connectivity index (χ1v) is 11.3. The summed E-state index contributed by atoms with van der Waals surface area (Å²) < 4.78 is 6.95. The average molecular weight is 441 g/mol. The largest absolute Gasteiger partial charge is 0.497 e. The van der Waals surface area contributed by atoms with Gasteiger partial charge in [-0.3, -0.25) is 14.3 Å². The first-order valence-electron chi connectivity index (χ1n) is 11.3. The van der Waals surface area contributed by atoms with Gasteiger partial charge in [-0.1, -0.05) is 46.8 Å². The minimum Gasteiger partial charge on any atom is -0.497 e. The van der Waals surface area contributed by atoms with Gasteiger partial charge >= 0.3 is 0 Å². The van der Waals surface area contributed by atoms with Crippen molar-refractivity contribution in [2.75, 3.05) is 13.7 Å². The van der Waals surface area contributed by atoms with Crippen molar-refractivity contribution in [2.45, 2.75) is 72.0 Å². The van der Waals surface area contributed by atoms with Gasteiger partial charge in [0, 0.05) is 18.5 Å². The van der Waals surface area contributed by atoms with Crippen molar-refractivity contribution in [1.29, 1.82) is 0 Å². The quantitative estimate of drug-likeness (QED) is 0.711. The fraction of sp³-hybridized carbons (Fsp3) is 0.560. The molecule has 0 spiro atoms. The molecule has 7 heteroatoms. The zero-order valence-corrected chi connectivity index (χ0v) is 20.4. The molecule has 1 aliphatic rings. The molecule has 1 aromatic carbocycles. The summed E-state index contributed by atoms with van der Waals surface area (Å²) in [6.07, 6.45) is 0.884. The van der Waals surface area contributed by atoms with E-state index < -0.39 is 5.54 Å². The van der Waals surface area contributed by atoms with Crippen molar-refractivity contribution in [2.24, 2.45) is 5.92 Å². The highest BCUT2D eigenvalue weighted by molar-refractivity contribution is 5.99. The molecule has 2 amide bonds. The molecule has 3 rings (SSSR count). The van der Waals surface area contributed by atoms with Crippen LogP contribution in [0, 0.1) is 5.92 Å². The number of benzene rings is 1. The number of hydrogen-bond donors (Lipinski definition) is 1. The van der Waals surface area contributed by atoms with Crippen LogP contribution in [0.15, 0.2) is 30.3 Å². The van der Waals surface area contributed by atoms with Crippen molar-refractivity contribution < 1.29 is 14.3 Å². The maximum atomic E-state index is 13.6. The van der Waals surface area contributed by atoms with E-state index in [0.29, 0.717) is 31.2 Å². The van der Waals surface area contributed by atoms with Crippen LogP contribution in [0.4, 0.5) is 0 Å². The summed E-state index contributed by atoms with van der Waals surface area (Å²) in [6.45, 7) is 13.5. The average Bonchev–Trinajstić information content (AvgIpc) is 3.15. The van der Waals surface area contributed by atoms with E-state index in [0.717, 1.165) is 23.4 Å². The monoisotopic (exact) mass is 440 g/mol. The van der Waals surface area contributed by atoms with E-state index >= 15 is 0 Å². The van der Waals surface area contributed by atoms with E-state index in [-0.39, 0.29) is 17.2 Å². The van der Waals surface area contributed by atoms with Crippen molar-refractivity contribution in [3.63, 3.8) is 0 Å². The molecule has 0 saturated heterocycles. The highest BCUT2D eigenvalue weighted by Gasteiger charge is 2.48. The van der Waals surface area contributed by atoms with E-state index in [9.17, 15) is 9.59 Å². The molecule has 0 bridgehead atoms. The molecule has 0 fully saturated rings. The molecule has 0 saturated carbocycles. The summed E-state index contributed by atoms with van der Waals surface area (Å²) in [7, 11) is 1.62. The Labute approximate surface area is 191 Å². The minimum atomic E-state index is -1.05. The van der Waals surface area contributed by atoms with Crippen LogP contribution >= 0.6 is 0 Å². The molecule has 0 radical (unpaired) electrons. The van der Waals surface area contributed by atoms with Crippen molar-refractivity contribution in [1.82, 2.24) is 20.0 Å². The van der Waals surface area contributed by atoms with Crippen LogP contribution in [-0.4, -0.2) is 45.7 Å². The molecule has 0 unspecified atom stereocenters. The number of nitrogens with zero attached hydrogens (tertiary/aromatic N) is 3. The second kappa shape index (κ2) is 8.96. The second-order valence-electron chi connectivity index (χ2n) is 10.3. The van der Waals surface area contributed by atoms with Gasteiger partial charge in [0.2, 0.25) is 5.91 Å². The third kappa shape index (κ3) is 4.81. The number of hydrogen-bond acceptors (Lipinski definition) is 4. The topological polar surface area (TPSA) is 76.5 Å². The van der Waals surface area contributed by atoms with Gasteiger partial charge in [0.05, 0.1) is 19.3 Å². The fourth-order valence-corrected chi connectivity index (χ4v) is 3.83. The van der Waals surface area contributed by atoms with Crippen LogP contribution < -0.4 is 10.1 Å². The number of carbonyl (C=O) groups is 2. The zero-order valence-electron chi connectivity index (χ0n) is 20.4. The van der Waals surface area contributed by atoms with Crippen molar-refractivity contribution in [3.05, 3.63) is 47.3 Å². The van der Waals surface area contributed by atoms with E-state index in [1.165, 1.54) is 0 Å². The van der Waals surface area contributed by atoms with E-state index in [1.54, 1.807) is 16.7 Å². The van der Waals surface area contributed by atoms with Crippen LogP contribution in [0.2, 0.25) is 0 Å². The number of aromatic nitrogens is 2. The van der Waals surface area contributed by atoms with Gasteiger partial charge in [0.15, 0.2) is 0 Å². The predicted molar refractivity (Wildman–Crippen MR) is 125 cm³/mol. The number of ether oxygens (including phenoxy) is 1. The Morgan fingerprint density at radius 3 is 2.47 bits per heavy atom. The van der Waals surface area contributed by atoms with Gasteiger partial charge < -0.3 is 15.0 Å². The molecule has 1 aromatic heterocycles. The van der Waals surface area contributed by atoms with Crippen LogP contribution in [-0.2, 0) is 23.3 Å². The Morgan fingerprint density at radius 2 is 1.91 bits per heavy atom. The smallest absolute Gasteiger partial charge is 0.273 e. The highest BCUT2D eigenvalue weighted by atomic mass is 16.5. The SMILES string of the molecule is COc1ccc(CN2C(=O)c3cc(C(C)(C)C)nn3C[C@]2(C)C(=O)NCCC(C)C)cc1. The normalized spacial score (nSPS) is 18.6. The number of carbonyl (C=O) groups excluding carboxylic acids is 2. The van der Waals surface area contributed by atoms with E-state index in [1.807, 2.05) is 37.3 Å². The summed E-state index contributed by atoms with van der Waals surface area (Å²) >= 11 is 0. The van der Waals surface area contributed by atoms with Gasteiger partial charge in [-0.2, -0.15) is 5.10 Å². The van der Waals surface area contributed by atoms with Crippen molar-refractivity contribution >= 4 is 11.8 Å². The van der Waals surface area contributed by atoms with Gasteiger partial charge in [-0.15, -0.1) is 0 Å². The van der Waals surface area contributed by atoms with Gasteiger partial charge in [0.25, 0.3) is 5.91 Å². The standard InChI is InChI=1S/C25H36N4O3/c1-17(2)12-13-26-23(31)25(6)16-29-20(14-21(27-29)24(3,4)5)22(30)28(25)15-18-8-10-19(32-7)11-9-18/h8-11,14,17H,12-13,15-16H2,1-7H3,(H,26,31)/t25-/m1/s1. The molecule has 174 valence electrons. The van der Waals surface area contributed by atoms with Gasteiger partial charge in [-0.05, 0) is 43.0 Å². The lowest BCUT2D eigenvalue weighted by molar-refractivity contribution is -0.133. The number of nitrogens with one attached hydrogen (secondary N) is 1. The summed E-state index contributed by atoms with van der Waals surface area (Å²) in [5, 5.41) is 7.75. The third-order valence-corrected chi connectivity index (χ3v) is 6.06. The predicted octanol–water partition coefficient (Wildman–Crippen LogP) is 3.77. The minimum absolute atomic E-state index is 0.154. The number of amides is 2. The molecule has 1 atom stereocenters. The maximum absolute atomic E-state index is 13.6. The van der Waals surface area contributed by atoms with E-state index in [4.69, 9.17) is 9.84 Å². The first-order chi connectivity index (χ1) is 15.0. The lowest BCUT2D eigenvalue weighted by atomic mass is 9.91. The molecule has 0 aliphatic carbocycles. The van der Waals surface area contributed by atoms with Crippen LogP contribution in [0.5, 0.6) is 5.75 Å². The molecule has 1 N–H and O–H groups in total. The Bertz CT molecular complexity index is 972. The number of rotatable bonds is 7. The van der Waals surface area contributed by atoms with Crippen LogP contribution in [0.25, 0.3) is 0 Å². The highest BCUT2D eigenvalue weighted by Crippen LogP contribution is 2.32. The second-order valence-corrected chi connectivity index (χ2v) is 10.3. The summed E-state index contributed by atoms with van der Waals surface area (Å²) in [6, 6.07) is 9.45. The summed E-state index contributed by atoms with van der Waals surface area (Å²) in [5.41, 5.74) is 1.05. The zero-order chi connectivity index (χ0) is 23.7. The molecule has 32 heavy (non-hydrogen) atoms. The Morgan fingerprint density at radius 1 is 1.25 bits per heavy atom. The van der Waals surface area contributed by atoms with E-state index in [2.05, 4.69) is 39.9 Å². The molecule has 2 aromatic rings. The molecule has 1 aliphatic heterocycles. The lowest BCUT2D eigenvalue weighted by Crippen LogP contribution is -2.63. The lowest BCUT2D eigenvalue weighted by Gasteiger charge is -2.43. The maximum Gasteiger partial charge on any atom is 0.273 e. The van der Waals surface area contributed by atoms with Crippen molar-refractivity contribution in [3.8, 4) is 5.75 Å². The first kappa shape index (κ1) is 23.8. The Hall–Kier alpha value is -2.83. The van der Waals surface area contributed by atoms with Crippen LogP contribution in [0.3, 0.4) is 0 Å². The molecule has 7 nitrogen and oxygen atoms in total. The Kier molecular flexibility index (Phi) is 6.67. The van der Waals surface area contributed by atoms with Gasteiger partial charge in [0.1, 0.15) is 17.0 Å². The molecule has 2 heterocycles. The fourth-order valence-electron chi connectivity index (χ4n) is 3.83. The Balaban J connectivity index is 1.97. The molecular weight excluding hydrogens is 404 g/mol. The number of methoxy groups -OCH3 is 1. The van der Waals surface area contributed by atoms with Crippen LogP contribution in [0.1, 0.15) is 69.7 Å². The summed E-state index contributed by atoms with van der Waals surface area (Å²) in [5.74, 6) is 0.898. The van der Waals surface area contributed by atoms with Gasteiger partial charge in [-0.25, -0.2) is 0 Å². The summed E-state index contributed by atoms with van der Waals surface area (Å²) in [4.78, 5) is 28.7. The third-order valence-electron chi connectivity index (χ3n) is 6.06. The molecular formula is C25H36N4O3. The number of fused-ring (bicyclic) bond motifs is 1.